The Hall–Kier alpha value is -2.21. The Bertz CT molecular complexity index is 827. The number of anilines is 1. The molecule has 0 aliphatic carbocycles. The Morgan fingerprint density at radius 3 is 2.92 bits per heavy atom. The number of rotatable bonds is 1. The van der Waals surface area contributed by atoms with Crippen LogP contribution in [-0.2, 0) is 4.74 Å². The lowest BCUT2D eigenvalue weighted by molar-refractivity contribution is -0.0829. The van der Waals surface area contributed by atoms with E-state index >= 15 is 0 Å². The molecule has 1 aromatic carbocycles. The van der Waals surface area contributed by atoms with Gasteiger partial charge in [0.05, 0.1) is 23.8 Å². The van der Waals surface area contributed by atoms with Gasteiger partial charge in [0, 0.05) is 12.5 Å². The molecule has 0 saturated carbocycles. The summed E-state index contributed by atoms with van der Waals surface area (Å²) in [7, 11) is 0. The minimum Gasteiger partial charge on any atom is -0.455 e. The van der Waals surface area contributed by atoms with Gasteiger partial charge < -0.3 is 4.74 Å². The summed E-state index contributed by atoms with van der Waals surface area (Å²) in [6.45, 7) is 6.20. The molecule has 1 spiro atoms. The third-order valence-electron chi connectivity index (χ3n) is 5.55. The highest BCUT2D eigenvalue weighted by molar-refractivity contribution is 5.90. The van der Waals surface area contributed by atoms with Gasteiger partial charge in [-0.15, -0.1) is 0 Å². The lowest BCUT2D eigenvalue weighted by Gasteiger charge is -2.50. The summed E-state index contributed by atoms with van der Waals surface area (Å²) < 4.78 is 6.29. The first-order valence-corrected chi connectivity index (χ1v) is 8.66. The summed E-state index contributed by atoms with van der Waals surface area (Å²) in [4.78, 5) is 16.2. The first-order valence-electron chi connectivity index (χ1n) is 8.66. The van der Waals surface area contributed by atoms with Crippen molar-refractivity contribution in [1.29, 1.82) is 0 Å². The highest BCUT2D eigenvalue weighted by Gasteiger charge is 2.51. The van der Waals surface area contributed by atoms with E-state index in [1.165, 1.54) is 31.5 Å². The quantitative estimate of drug-likeness (QED) is 0.872. The van der Waals surface area contributed by atoms with Gasteiger partial charge in [0.1, 0.15) is 5.60 Å². The molecule has 6 rings (SSSR count). The fourth-order valence-electron chi connectivity index (χ4n) is 4.24. The molecule has 3 saturated heterocycles. The summed E-state index contributed by atoms with van der Waals surface area (Å²) in [6.07, 6.45) is 4.18. The van der Waals surface area contributed by atoms with Crippen molar-refractivity contribution in [3.63, 3.8) is 0 Å². The van der Waals surface area contributed by atoms with E-state index in [9.17, 15) is 0 Å². The summed E-state index contributed by atoms with van der Waals surface area (Å²) in [6, 6.07) is 6.67. The minimum atomic E-state index is -0.125. The van der Waals surface area contributed by atoms with Crippen LogP contribution in [0.25, 0.3) is 11.0 Å². The summed E-state index contributed by atoms with van der Waals surface area (Å²) >= 11 is 0. The van der Waals surface area contributed by atoms with Gasteiger partial charge in [-0.1, -0.05) is 6.07 Å². The van der Waals surface area contributed by atoms with Gasteiger partial charge in [-0.2, -0.15) is 0 Å². The van der Waals surface area contributed by atoms with Gasteiger partial charge in [0.15, 0.2) is 5.82 Å². The fourth-order valence-corrected chi connectivity index (χ4v) is 4.24. The minimum absolute atomic E-state index is 0.125. The standard InChI is InChI=1S/C18H21N5O/c1-12-2-3-14-15(8-12)21-16(9-19-14)22-17-20-10-18(24-17)11-23-6-4-13(18)5-7-23/h2-3,8-9,13H,4-7,10-11H2,1H3,(H,20,21,22)/t18-/m0/s1. The molecule has 4 aliphatic heterocycles. The molecular weight excluding hydrogens is 302 g/mol. The second-order valence-electron chi connectivity index (χ2n) is 7.21. The van der Waals surface area contributed by atoms with Crippen molar-refractivity contribution in [2.45, 2.75) is 25.4 Å². The Labute approximate surface area is 141 Å². The van der Waals surface area contributed by atoms with Crippen LogP contribution in [0.15, 0.2) is 29.4 Å². The molecule has 1 atom stereocenters. The third kappa shape index (κ3) is 2.24. The maximum atomic E-state index is 6.29. The van der Waals surface area contributed by atoms with E-state index in [1.807, 2.05) is 18.2 Å². The lowest BCUT2D eigenvalue weighted by atomic mass is 9.75. The zero-order valence-electron chi connectivity index (χ0n) is 13.8. The zero-order chi connectivity index (χ0) is 16.1. The number of piperidine rings is 3. The van der Waals surface area contributed by atoms with Crippen LogP contribution in [0.5, 0.6) is 0 Å². The highest BCUT2D eigenvalue weighted by atomic mass is 16.5. The number of amidine groups is 1. The van der Waals surface area contributed by atoms with Crippen molar-refractivity contribution >= 4 is 22.9 Å². The highest BCUT2D eigenvalue weighted by Crippen LogP contribution is 2.40. The predicted molar refractivity (Wildman–Crippen MR) is 93.2 cm³/mol. The van der Waals surface area contributed by atoms with Crippen molar-refractivity contribution in [3.8, 4) is 0 Å². The van der Waals surface area contributed by atoms with Crippen molar-refractivity contribution < 1.29 is 4.74 Å². The van der Waals surface area contributed by atoms with Crippen molar-refractivity contribution in [2.75, 3.05) is 31.5 Å². The topological polar surface area (TPSA) is 62.6 Å². The summed E-state index contributed by atoms with van der Waals surface area (Å²) in [5.74, 6) is 1.31. The van der Waals surface area contributed by atoms with E-state index in [4.69, 9.17) is 4.74 Å². The molecule has 6 nitrogen and oxygen atoms in total. The summed E-state index contributed by atoms with van der Waals surface area (Å²) in [5.41, 5.74) is 2.83. The number of aliphatic imine (C=N–C) groups is 1. The van der Waals surface area contributed by atoms with Crippen molar-refractivity contribution in [1.82, 2.24) is 14.9 Å². The number of nitrogens with zero attached hydrogens (tertiary/aromatic N) is 4. The van der Waals surface area contributed by atoms with E-state index in [2.05, 4.69) is 32.1 Å². The Balaban J connectivity index is 1.35. The van der Waals surface area contributed by atoms with Crippen molar-refractivity contribution in [2.24, 2.45) is 10.9 Å². The Morgan fingerprint density at radius 1 is 1.25 bits per heavy atom. The molecule has 1 aromatic heterocycles. The van der Waals surface area contributed by atoms with Crippen LogP contribution in [0, 0.1) is 12.8 Å². The van der Waals surface area contributed by atoms with E-state index in [0.29, 0.717) is 17.8 Å². The van der Waals surface area contributed by atoms with Gasteiger partial charge in [0.25, 0.3) is 6.02 Å². The number of aryl methyl sites for hydroxylation is 1. The summed E-state index contributed by atoms with van der Waals surface area (Å²) in [5, 5.41) is 3.22. The molecule has 24 heavy (non-hydrogen) atoms. The Kier molecular flexibility index (Phi) is 3.03. The first-order chi connectivity index (χ1) is 11.7. The van der Waals surface area contributed by atoms with Crippen LogP contribution in [0.3, 0.4) is 0 Å². The van der Waals surface area contributed by atoms with Gasteiger partial charge in [-0.25, -0.2) is 9.98 Å². The molecule has 4 aliphatic rings. The maximum absolute atomic E-state index is 6.29. The molecule has 0 amide bonds. The van der Waals surface area contributed by atoms with Crippen LogP contribution in [-0.4, -0.2) is 52.7 Å². The first kappa shape index (κ1) is 14.2. The van der Waals surface area contributed by atoms with Crippen LogP contribution in [0.1, 0.15) is 18.4 Å². The molecule has 0 radical (unpaired) electrons. The number of fused-ring (bicyclic) bond motifs is 3. The molecule has 5 heterocycles. The van der Waals surface area contributed by atoms with E-state index in [-0.39, 0.29) is 5.60 Å². The average Bonchev–Trinajstić information content (AvgIpc) is 2.97. The SMILES string of the molecule is Cc1ccc2ncc(NC3=NC[C@@]4(CN5CCC4CC5)O3)nc2c1. The number of benzene rings is 1. The molecule has 6 heteroatoms. The number of hydrogen-bond acceptors (Lipinski definition) is 6. The second kappa shape index (κ2) is 5.14. The molecule has 0 unspecified atom stereocenters. The van der Waals surface area contributed by atoms with Crippen LogP contribution < -0.4 is 5.32 Å². The normalized spacial score (nSPS) is 31.3. The van der Waals surface area contributed by atoms with Gasteiger partial charge in [-0.3, -0.25) is 15.2 Å². The van der Waals surface area contributed by atoms with Crippen LogP contribution in [0.4, 0.5) is 5.82 Å². The van der Waals surface area contributed by atoms with Gasteiger partial charge in [0.2, 0.25) is 0 Å². The maximum Gasteiger partial charge on any atom is 0.291 e. The van der Waals surface area contributed by atoms with Crippen LogP contribution in [0.2, 0.25) is 0 Å². The van der Waals surface area contributed by atoms with Crippen molar-refractivity contribution in [3.05, 3.63) is 30.0 Å². The second-order valence-corrected chi connectivity index (χ2v) is 7.21. The lowest BCUT2D eigenvalue weighted by Crippen LogP contribution is -2.61. The number of nitrogens with one attached hydrogen (secondary N) is 1. The molecule has 2 bridgehead atoms. The largest absolute Gasteiger partial charge is 0.455 e. The predicted octanol–water partition coefficient (Wildman–Crippen LogP) is 2.20. The smallest absolute Gasteiger partial charge is 0.291 e. The van der Waals surface area contributed by atoms with Gasteiger partial charge >= 0.3 is 0 Å². The number of hydrogen-bond donors (Lipinski definition) is 1. The molecular formula is C18H21N5O. The van der Waals surface area contributed by atoms with E-state index in [0.717, 1.165) is 24.1 Å². The van der Waals surface area contributed by atoms with Crippen LogP contribution >= 0.6 is 0 Å². The molecule has 1 N–H and O–H groups in total. The van der Waals surface area contributed by atoms with E-state index < -0.39 is 0 Å². The third-order valence-corrected chi connectivity index (χ3v) is 5.55. The average molecular weight is 323 g/mol. The van der Waals surface area contributed by atoms with Gasteiger partial charge in [-0.05, 0) is 50.6 Å². The Morgan fingerprint density at radius 2 is 2.12 bits per heavy atom. The van der Waals surface area contributed by atoms with E-state index in [1.54, 1.807) is 6.20 Å². The molecule has 3 fully saturated rings. The molecule has 124 valence electrons. The molecule has 2 aromatic rings. The zero-order valence-corrected chi connectivity index (χ0v) is 13.8. The fraction of sp³-hybridized carbons (Fsp3) is 0.500. The monoisotopic (exact) mass is 323 g/mol. The number of aromatic nitrogens is 2. The number of ether oxygens (including phenoxy) is 1.